The summed E-state index contributed by atoms with van der Waals surface area (Å²) in [6, 6.07) is -0.509. The predicted octanol–water partition coefficient (Wildman–Crippen LogP) is 2.76. The molecule has 6 nitrogen and oxygen atoms in total. The molecule has 2 aliphatic carbocycles. The average molecular weight is 347 g/mol. The van der Waals surface area contributed by atoms with Crippen molar-refractivity contribution < 1.29 is 14.4 Å². The molecule has 3 fully saturated rings. The third kappa shape index (κ3) is 2.96. The van der Waals surface area contributed by atoms with Crippen LogP contribution in [-0.4, -0.2) is 28.4 Å². The smallest absolute Gasteiger partial charge is 0.322 e. The van der Waals surface area contributed by atoms with Gasteiger partial charge in [0.25, 0.3) is 5.91 Å². The first-order valence-electron chi connectivity index (χ1n) is 9.21. The van der Waals surface area contributed by atoms with Crippen LogP contribution in [0.25, 0.3) is 0 Å². The Kier molecular flexibility index (Phi) is 4.20. The molecule has 0 aromatic rings. The molecule has 2 N–H and O–H groups in total. The number of hydrazine groups is 1. The van der Waals surface area contributed by atoms with Crippen molar-refractivity contribution in [2.45, 2.75) is 65.8 Å². The second-order valence-electron chi connectivity index (χ2n) is 8.88. The minimum atomic E-state index is -0.824. The van der Waals surface area contributed by atoms with E-state index in [1.807, 2.05) is 27.7 Å². The van der Waals surface area contributed by atoms with Crippen molar-refractivity contribution in [1.29, 1.82) is 0 Å². The van der Waals surface area contributed by atoms with Gasteiger partial charge in [0.2, 0.25) is 5.91 Å². The lowest BCUT2D eigenvalue weighted by Crippen LogP contribution is -2.52. The first-order valence-corrected chi connectivity index (χ1v) is 9.21. The third-order valence-corrected chi connectivity index (χ3v) is 6.22. The normalized spacial score (nSPS) is 30.2. The van der Waals surface area contributed by atoms with Crippen LogP contribution >= 0.6 is 0 Å². The minimum Gasteiger partial charge on any atom is -0.322 e. The Balaban J connectivity index is 1.69. The fourth-order valence-corrected chi connectivity index (χ4v) is 4.34. The van der Waals surface area contributed by atoms with Crippen LogP contribution in [0.1, 0.15) is 60.3 Å². The fraction of sp³-hybridized carbons (Fsp3) is 0.737. The van der Waals surface area contributed by atoms with Gasteiger partial charge in [-0.15, -0.1) is 0 Å². The Morgan fingerprint density at radius 3 is 2.40 bits per heavy atom. The van der Waals surface area contributed by atoms with Gasteiger partial charge in [-0.3, -0.25) is 15.0 Å². The zero-order valence-corrected chi connectivity index (χ0v) is 15.8. The second-order valence-corrected chi connectivity index (χ2v) is 8.88. The van der Waals surface area contributed by atoms with Gasteiger partial charge >= 0.3 is 6.03 Å². The fourth-order valence-electron chi connectivity index (χ4n) is 4.34. The number of hydrogen-bond donors (Lipinski definition) is 2. The minimum absolute atomic E-state index is 0.141. The molecule has 6 heteroatoms. The molecule has 0 unspecified atom stereocenters. The van der Waals surface area contributed by atoms with Gasteiger partial charge in [-0.2, -0.15) is 5.01 Å². The lowest BCUT2D eigenvalue weighted by Gasteiger charge is -2.33. The Morgan fingerprint density at radius 2 is 1.84 bits per heavy atom. The van der Waals surface area contributed by atoms with Gasteiger partial charge in [0, 0.05) is 0 Å². The van der Waals surface area contributed by atoms with E-state index in [2.05, 4.69) is 23.7 Å². The van der Waals surface area contributed by atoms with Crippen LogP contribution in [0, 0.1) is 23.2 Å². The summed E-state index contributed by atoms with van der Waals surface area (Å²) in [5.74, 6) is -0.0723. The van der Waals surface area contributed by atoms with Crippen LogP contribution in [0.2, 0.25) is 0 Å². The van der Waals surface area contributed by atoms with Gasteiger partial charge in [-0.1, -0.05) is 32.4 Å². The molecule has 0 radical (unpaired) electrons. The summed E-state index contributed by atoms with van der Waals surface area (Å²) in [4.78, 5) is 37.8. The number of nitrogens with one attached hydrogen (secondary N) is 2. The number of urea groups is 1. The van der Waals surface area contributed by atoms with Crippen LogP contribution in [0.5, 0.6) is 0 Å². The Hall–Kier alpha value is -1.85. The van der Waals surface area contributed by atoms with E-state index in [1.54, 1.807) is 0 Å². The van der Waals surface area contributed by atoms with Crippen molar-refractivity contribution in [3.8, 4) is 0 Å². The van der Waals surface area contributed by atoms with Crippen molar-refractivity contribution in [2.24, 2.45) is 23.2 Å². The SMILES string of the molecule is CC(C)=C[C@@H]1[C@@H](C(=O)NN2C(=O)NC3(CCC(C)CC3)C2=O)C1(C)C. The summed E-state index contributed by atoms with van der Waals surface area (Å²) in [6.07, 6.45) is 5.19. The number of imide groups is 1. The zero-order chi connectivity index (χ0) is 18.6. The van der Waals surface area contributed by atoms with Gasteiger partial charge in [-0.05, 0) is 56.8 Å². The lowest BCUT2D eigenvalue weighted by molar-refractivity contribution is -0.140. The van der Waals surface area contributed by atoms with Crippen molar-refractivity contribution in [3.05, 3.63) is 11.6 Å². The van der Waals surface area contributed by atoms with Crippen LogP contribution in [0.15, 0.2) is 11.6 Å². The molecule has 1 spiro atoms. The second kappa shape index (κ2) is 5.85. The average Bonchev–Trinajstić information content (AvgIpc) is 2.97. The first kappa shape index (κ1) is 18.0. The van der Waals surface area contributed by atoms with E-state index in [0.29, 0.717) is 18.8 Å². The molecule has 4 amide bonds. The van der Waals surface area contributed by atoms with Crippen LogP contribution in [0.3, 0.4) is 0 Å². The van der Waals surface area contributed by atoms with Gasteiger partial charge in [-0.25, -0.2) is 4.79 Å². The molecule has 0 aromatic heterocycles. The first-order chi connectivity index (χ1) is 11.6. The lowest BCUT2D eigenvalue weighted by atomic mass is 9.77. The van der Waals surface area contributed by atoms with E-state index in [4.69, 9.17) is 0 Å². The summed E-state index contributed by atoms with van der Waals surface area (Å²) in [6.45, 7) is 10.3. The van der Waals surface area contributed by atoms with Crippen LogP contribution in [-0.2, 0) is 9.59 Å². The van der Waals surface area contributed by atoms with Crippen LogP contribution < -0.4 is 10.7 Å². The van der Waals surface area contributed by atoms with E-state index in [1.165, 1.54) is 5.57 Å². The third-order valence-electron chi connectivity index (χ3n) is 6.22. The summed E-state index contributed by atoms with van der Waals surface area (Å²) >= 11 is 0. The maximum absolute atomic E-state index is 12.8. The molecular weight excluding hydrogens is 318 g/mol. The molecule has 1 heterocycles. The highest BCUT2D eigenvalue weighted by Crippen LogP contribution is 2.59. The molecule has 3 rings (SSSR count). The van der Waals surface area contributed by atoms with Gasteiger partial charge in [0.1, 0.15) is 5.54 Å². The standard InChI is InChI=1S/C19H29N3O3/c1-11(2)10-13-14(18(13,4)5)15(23)21-22-16(24)19(20-17(22)25)8-6-12(3)7-9-19/h10,12-14H,6-9H2,1-5H3,(H,20,25)(H,21,23)/t12?,13-,14+,19?/m1/s1. The molecule has 2 atom stereocenters. The number of rotatable bonds is 3. The van der Waals surface area contributed by atoms with Gasteiger partial charge < -0.3 is 5.32 Å². The molecule has 1 saturated heterocycles. The monoisotopic (exact) mass is 347 g/mol. The molecule has 25 heavy (non-hydrogen) atoms. The predicted molar refractivity (Wildman–Crippen MR) is 94.1 cm³/mol. The number of hydrogen-bond acceptors (Lipinski definition) is 3. The number of carbonyl (C=O) groups excluding carboxylic acids is 3. The topological polar surface area (TPSA) is 78.5 Å². The Bertz CT molecular complexity index is 640. The Labute approximate surface area is 149 Å². The summed E-state index contributed by atoms with van der Waals surface area (Å²) in [7, 11) is 0. The largest absolute Gasteiger partial charge is 0.344 e. The maximum Gasteiger partial charge on any atom is 0.344 e. The molecule has 2 saturated carbocycles. The molecular formula is C19H29N3O3. The highest BCUT2D eigenvalue weighted by molar-refractivity contribution is 6.08. The van der Waals surface area contributed by atoms with E-state index >= 15 is 0 Å². The summed E-state index contributed by atoms with van der Waals surface area (Å²) in [5, 5.41) is 3.74. The quantitative estimate of drug-likeness (QED) is 0.609. The van der Waals surface area contributed by atoms with E-state index < -0.39 is 11.6 Å². The Morgan fingerprint density at radius 1 is 1.24 bits per heavy atom. The van der Waals surface area contributed by atoms with Crippen molar-refractivity contribution in [2.75, 3.05) is 0 Å². The van der Waals surface area contributed by atoms with Crippen molar-refractivity contribution in [3.63, 3.8) is 0 Å². The molecule has 0 aromatic carbocycles. The number of amides is 4. The zero-order valence-electron chi connectivity index (χ0n) is 15.8. The highest BCUT2D eigenvalue weighted by Gasteiger charge is 2.61. The van der Waals surface area contributed by atoms with Crippen LogP contribution in [0.4, 0.5) is 4.79 Å². The summed E-state index contributed by atoms with van der Waals surface area (Å²) < 4.78 is 0. The van der Waals surface area contributed by atoms with E-state index in [9.17, 15) is 14.4 Å². The molecule has 3 aliphatic rings. The summed E-state index contributed by atoms with van der Waals surface area (Å²) in [5.41, 5.74) is 2.77. The molecule has 0 bridgehead atoms. The van der Waals surface area contributed by atoms with Crippen molar-refractivity contribution in [1.82, 2.24) is 15.8 Å². The molecule has 1 aliphatic heterocycles. The maximum atomic E-state index is 12.8. The van der Waals surface area contributed by atoms with E-state index in [-0.39, 0.29) is 29.1 Å². The van der Waals surface area contributed by atoms with Crippen molar-refractivity contribution >= 4 is 17.8 Å². The number of allylic oxidation sites excluding steroid dienone is 2. The number of nitrogens with zero attached hydrogens (tertiary/aromatic N) is 1. The van der Waals surface area contributed by atoms with Gasteiger partial charge in [0.15, 0.2) is 0 Å². The number of carbonyl (C=O) groups is 3. The highest BCUT2D eigenvalue weighted by atomic mass is 16.2. The van der Waals surface area contributed by atoms with Gasteiger partial charge in [0.05, 0.1) is 5.92 Å². The van der Waals surface area contributed by atoms with E-state index in [0.717, 1.165) is 17.9 Å². The molecule has 138 valence electrons.